The van der Waals surface area contributed by atoms with Crippen molar-refractivity contribution in [2.24, 2.45) is 4.99 Å². The van der Waals surface area contributed by atoms with Crippen LogP contribution in [0.2, 0.25) is 0 Å². The summed E-state index contributed by atoms with van der Waals surface area (Å²) in [5, 5.41) is 0. The van der Waals surface area contributed by atoms with E-state index in [2.05, 4.69) is 17.1 Å². The zero-order valence-corrected chi connectivity index (χ0v) is 11.0. The Kier molecular flexibility index (Phi) is 2.95. The van der Waals surface area contributed by atoms with Crippen LogP contribution < -0.4 is 9.47 Å². The van der Waals surface area contributed by atoms with Crippen LogP contribution >= 0.6 is 0 Å². The standard InChI is InChI=1S/C16H15NO2/c1-18-12-8-9-14(19-2)13(10-12)16-15(17-16)11-6-4-3-5-7-11/h3-10,15H,1-2H3/t15-/m0/s1. The highest BCUT2D eigenvalue weighted by Crippen LogP contribution is 2.39. The highest BCUT2D eigenvalue weighted by molar-refractivity contribution is 6.15. The van der Waals surface area contributed by atoms with Gasteiger partial charge in [-0.1, -0.05) is 30.3 Å². The quantitative estimate of drug-likeness (QED) is 0.837. The highest BCUT2D eigenvalue weighted by atomic mass is 16.5. The summed E-state index contributed by atoms with van der Waals surface area (Å²) in [6.07, 6.45) is 0. The minimum atomic E-state index is 0.155. The van der Waals surface area contributed by atoms with Crippen LogP contribution in [-0.4, -0.2) is 19.9 Å². The first kappa shape index (κ1) is 11.8. The fourth-order valence-corrected chi connectivity index (χ4v) is 2.20. The van der Waals surface area contributed by atoms with Crippen LogP contribution in [-0.2, 0) is 0 Å². The molecule has 1 heterocycles. The van der Waals surface area contributed by atoms with E-state index >= 15 is 0 Å². The summed E-state index contributed by atoms with van der Waals surface area (Å²) < 4.78 is 10.7. The van der Waals surface area contributed by atoms with Crippen LogP contribution in [0.25, 0.3) is 0 Å². The molecule has 0 saturated heterocycles. The third-order valence-electron chi connectivity index (χ3n) is 3.26. The molecule has 3 heteroatoms. The van der Waals surface area contributed by atoms with E-state index in [-0.39, 0.29) is 6.04 Å². The first-order valence-electron chi connectivity index (χ1n) is 6.18. The van der Waals surface area contributed by atoms with Gasteiger partial charge in [-0.05, 0) is 23.8 Å². The van der Waals surface area contributed by atoms with Gasteiger partial charge in [-0.2, -0.15) is 0 Å². The Balaban J connectivity index is 1.90. The first-order valence-corrected chi connectivity index (χ1v) is 6.18. The molecule has 0 bridgehead atoms. The fourth-order valence-electron chi connectivity index (χ4n) is 2.20. The number of hydrogen-bond acceptors (Lipinski definition) is 3. The molecule has 1 aliphatic heterocycles. The number of benzene rings is 2. The maximum absolute atomic E-state index is 5.39. The second-order valence-electron chi connectivity index (χ2n) is 4.39. The second-order valence-corrected chi connectivity index (χ2v) is 4.39. The highest BCUT2D eigenvalue weighted by Gasteiger charge is 2.32. The van der Waals surface area contributed by atoms with Crippen molar-refractivity contribution in [1.82, 2.24) is 0 Å². The Hall–Kier alpha value is -2.29. The van der Waals surface area contributed by atoms with Crippen LogP contribution in [0.4, 0.5) is 0 Å². The molecule has 3 nitrogen and oxygen atoms in total. The number of ether oxygens (including phenoxy) is 2. The Morgan fingerprint density at radius 2 is 1.74 bits per heavy atom. The van der Waals surface area contributed by atoms with Gasteiger partial charge in [0.15, 0.2) is 0 Å². The Morgan fingerprint density at radius 1 is 0.947 bits per heavy atom. The van der Waals surface area contributed by atoms with Gasteiger partial charge in [0.2, 0.25) is 0 Å². The van der Waals surface area contributed by atoms with Crippen molar-refractivity contribution in [3.05, 3.63) is 59.7 Å². The van der Waals surface area contributed by atoms with E-state index in [1.54, 1.807) is 14.2 Å². The normalized spacial score (nSPS) is 16.7. The molecule has 1 atom stereocenters. The number of aliphatic imine (C=N–C) groups is 1. The molecule has 0 unspecified atom stereocenters. The van der Waals surface area contributed by atoms with Crippen LogP contribution in [0.1, 0.15) is 17.2 Å². The molecule has 0 radical (unpaired) electrons. The van der Waals surface area contributed by atoms with Crippen molar-refractivity contribution in [1.29, 1.82) is 0 Å². The molecule has 0 aliphatic carbocycles. The van der Waals surface area contributed by atoms with Gasteiger partial charge >= 0.3 is 0 Å². The lowest BCUT2D eigenvalue weighted by molar-refractivity contribution is 0.402. The van der Waals surface area contributed by atoms with Gasteiger partial charge in [-0.15, -0.1) is 0 Å². The lowest BCUT2D eigenvalue weighted by Crippen LogP contribution is -1.98. The van der Waals surface area contributed by atoms with Crippen LogP contribution in [0, 0.1) is 0 Å². The van der Waals surface area contributed by atoms with E-state index in [0.717, 1.165) is 22.8 Å². The molecule has 0 fully saturated rings. The van der Waals surface area contributed by atoms with E-state index in [1.807, 2.05) is 36.4 Å². The lowest BCUT2D eigenvalue weighted by Gasteiger charge is -2.07. The molecular formula is C16H15NO2. The fraction of sp³-hybridized carbons (Fsp3) is 0.188. The van der Waals surface area contributed by atoms with Crippen molar-refractivity contribution >= 4 is 5.71 Å². The summed E-state index contributed by atoms with van der Waals surface area (Å²) in [6, 6.07) is 16.2. The van der Waals surface area contributed by atoms with Gasteiger partial charge in [0.25, 0.3) is 0 Å². The molecule has 0 amide bonds. The summed E-state index contributed by atoms with van der Waals surface area (Å²) >= 11 is 0. The molecule has 3 rings (SSSR count). The van der Waals surface area contributed by atoms with Gasteiger partial charge in [0.05, 0.1) is 19.9 Å². The summed E-state index contributed by atoms with van der Waals surface area (Å²) in [4.78, 5) is 4.56. The van der Waals surface area contributed by atoms with Crippen LogP contribution in [0.5, 0.6) is 11.5 Å². The third-order valence-corrected chi connectivity index (χ3v) is 3.26. The van der Waals surface area contributed by atoms with E-state index in [0.29, 0.717) is 0 Å². The summed E-state index contributed by atoms with van der Waals surface area (Å²) in [5.41, 5.74) is 3.28. The van der Waals surface area contributed by atoms with Crippen molar-refractivity contribution in [3.8, 4) is 11.5 Å². The van der Waals surface area contributed by atoms with E-state index in [1.165, 1.54) is 5.56 Å². The number of hydrogen-bond donors (Lipinski definition) is 0. The Bertz CT molecular complexity index is 620. The monoisotopic (exact) mass is 253 g/mol. The minimum absolute atomic E-state index is 0.155. The Morgan fingerprint density at radius 3 is 2.42 bits per heavy atom. The molecule has 19 heavy (non-hydrogen) atoms. The topological polar surface area (TPSA) is 30.8 Å². The summed E-state index contributed by atoms with van der Waals surface area (Å²) in [5.74, 6) is 1.65. The van der Waals surface area contributed by atoms with E-state index < -0.39 is 0 Å². The minimum Gasteiger partial charge on any atom is -0.497 e. The van der Waals surface area contributed by atoms with Gasteiger partial charge < -0.3 is 9.47 Å². The van der Waals surface area contributed by atoms with Crippen molar-refractivity contribution in [3.63, 3.8) is 0 Å². The number of rotatable bonds is 4. The SMILES string of the molecule is COc1ccc(OC)c(C2=N[C@H]2c2ccccc2)c1. The average Bonchev–Trinajstić information content (AvgIpc) is 3.28. The van der Waals surface area contributed by atoms with Crippen molar-refractivity contribution in [2.45, 2.75) is 6.04 Å². The van der Waals surface area contributed by atoms with E-state index in [9.17, 15) is 0 Å². The smallest absolute Gasteiger partial charge is 0.128 e. The largest absolute Gasteiger partial charge is 0.497 e. The first-order chi connectivity index (χ1) is 9.33. The van der Waals surface area contributed by atoms with Crippen LogP contribution in [0.15, 0.2) is 53.5 Å². The predicted octanol–water partition coefficient (Wildman–Crippen LogP) is 3.25. The molecule has 1 aliphatic rings. The van der Waals surface area contributed by atoms with Gasteiger partial charge in [0, 0.05) is 5.56 Å². The van der Waals surface area contributed by atoms with Crippen LogP contribution in [0.3, 0.4) is 0 Å². The van der Waals surface area contributed by atoms with Gasteiger partial charge in [-0.25, -0.2) is 0 Å². The zero-order valence-electron chi connectivity index (χ0n) is 11.0. The number of methoxy groups -OCH3 is 2. The molecule has 0 N–H and O–H groups in total. The van der Waals surface area contributed by atoms with Crippen molar-refractivity contribution < 1.29 is 9.47 Å². The third kappa shape index (κ3) is 2.19. The zero-order chi connectivity index (χ0) is 13.2. The predicted molar refractivity (Wildman–Crippen MR) is 75.3 cm³/mol. The summed E-state index contributed by atoms with van der Waals surface area (Å²) in [6.45, 7) is 0. The molecule has 0 saturated carbocycles. The van der Waals surface area contributed by atoms with E-state index in [4.69, 9.17) is 9.47 Å². The molecule has 2 aromatic carbocycles. The maximum Gasteiger partial charge on any atom is 0.128 e. The molecule has 96 valence electrons. The van der Waals surface area contributed by atoms with Crippen molar-refractivity contribution in [2.75, 3.05) is 14.2 Å². The van der Waals surface area contributed by atoms with Gasteiger partial charge in [0.1, 0.15) is 17.5 Å². The molecular weight excluding hydrogens is 238 g/mol. The maximum atomic E-state index is 5.39. The lowest BCUT2D eigenvalue weighted by atomic mass is 10.0. The molecule has 0 spiro atoms. The number of nitrogens with zero attached hydrogens (tertiary/aromatic N) is 1. The second kappa shape index (κ2) is 4.76. The molecule has 0 aromatic heterocycles. The average molecular weight is 253 g/mol. The Labute approximate surface area is 112 Å². The summed E-state index contributed by atoms with van der Waals surface area (Å²) in [7, 11) is 3.33. The molecule has 2 aromatic rings. The van der Waals surface area contributed by atoms with Gasteiger partial charge in [-0.3, -0.25) is 4.99 Å².